The molecule has 0 saturated carbocycles. The zero-order chi connectivity index (χ0) is 14.8. The number of hydrogen-bond donors (Lipinski definition) is 0. The minimum Gasteiger partial charge on any atom is -0.378 e. The van der Waals surface area contributed by atoms with E-state index in [4.69, 9.17) is 9.26 Å². The van der Waals surface area contributed by atoms with Crippen LogP contribution in [0.4, 0.5) is 5.82 Å². The van der Waals surface area contributed by atoms with Crippen LogP contribution in [0.3, 0.4) is 0 Å². The predicted molar refractivity (Wildman–Crippen MR) is 83.9 cm³/mol. The Morgan fingerprint density at radius 2 is 2.09 bits per heavy atom. The summed E-state index contributed by atoms with van der Waals surface area (Å²) in [6.45, 7) is 3.17. The van der Waals surface area contributed by atoms with Crippen LogP contribution in [0.5, 0.6) is 0 Å². The second kappa shape index (κ2) is 5.86. The van der Waals surface area contributed by atoms with Crippen molar-refractivity contribution in [2.45, 2.75) is 0 Å². The van der Waals surface area contributed by atoms with Crippen LogP contribution in [0.15, 0.2) is 40.4 Å². The summed E-state index contributed by atoms with van der Waals surface area (Å²) in [6, 6.07) is 7.82. The van der Waals surface area contributed by atoms with E-state index in [1.54, 1.807) is 17.5 Å². The van der Waals surface area contributed by atoms with E-state index < -0.39 is 0 Å². The van der Waals surface area contributed by atoms with Crippen LogP contribution >= 0.6 is 11.3 Å². The second-order valence-electron chi connectivity index (χ2n) is 4.90. The lowest BCUT2D eigenvalue weighted by molar-refractivity contribution is 0.122. The first-order valence-corrected chi connectivity index (χ1v) is 7.95. The SMILES string of the molecule is c1csc(-c2nc(-c3ccnc(N4CCOCC4)c3)no2)c1. The third-order valence-electron chi connectivity index (χ3n) is 3.50. The molecule has 4 rings (SSSR count). The van der Waals surface area contributed by atoms with Crippen molar-refractivity contribution in [3.8, 4) is 22.2 Å². The standard InChI is InChI=1S/C15H14N4O2S/c1-2-12(22-9-1)15-17-14(18-21-15)11-3-4-16-13(10-11)19-5-7-20-8-6-19/h1-4,9-10H,5-8H2. The molecular weight excluding hydrogens is 300 g/mol. The fourth-order valence-corrected chi connectivity index (χ4v) is 3.01. The second-order valence-corrected chi connectivity index (χ2v) is 5.85. The van der Waals surface area contributed by atoms with Crippen LogP contribution in [0.25, 0.3) is 22.2 Å². The number of morpholine rings is 1. The minimum atomic E-state index is 0.551. The third kappa shape index (κ3) is 2.60. The van der Waals surface area contributed by atoms with Crippen molar-refractivity contribution in [2.75, 3.05) is 31.2 Å². The molecule has 22 heavy (non-hydrogen) atoms. The van der Waals surface area contributed by atoms with Gasteiger partial charge in [0.1, 0.15) is 5.82 Å². The molecular formula is C15H14N4O2S. The quantitative estimate of drug-likeness (QED) is 0.740. The number of nitrogens with zero attached hydrogens (tertiary/aromatic N) is 4. The highest BCUT2D eigenvalue weighted by Crippen LogP contribution is 2.26. The van der Waals surface area contributed by atoms with Crippen LogP contribution in [0.2, 0.25) is 0 Å². The molecule has 0 unspecified atom stereocenters. The molecule has 1 aliphatic heterocycles. The van der Waals surface area contributed by atoms with Crippen molar-refractivity contribution in [1.82, 2.24) is 15.1 Å². The van der Waals surface area contributed by atoms with E-state index in [-0.39, 0.29) is 0 Å². The molecule has 0 aromatic carbocycles. The zero-order valence-electron chi connectivity index (χ0n) is 11.8. The normalized spacial score (nSPS) is 15.2. The zero-order valence-corrected chi connectivity index (χ0v) is 12.6. The number of ether oxygens (including phenoxy) is 1. The van der Waals surface area contributed by atoms with Gasteiger partial charge in [-0.15, -0.1) is 11.3 Å². The minimum absolute atomic E-state index is 0.551. The molecule has 1 saturated heterocycles. The molecule has 3 aromatic rings. The summed E-state index contributed by atoms with van der Waals surface area (Å²) in [5.41, 5.74) is 0.906. The van der Waals surface area contributed by atoms with Crippen molar-refractivity contribution in [2.24, 2.45) is 0 Å². The maximum absolute atomic E-state index is 5.37. The van der Waals surface area contributed by atoms with Gasteiger partial charge < -0.3 is 14.2 Å². The summed E-state index contributed by atoms with van der Waals surface area (Å²) in [5.74, 6) is 2.05. The summed E-state index contributed by atoms with van der Waals surface area (Å²) >= 11 is 1.58. The molecule has 7 heteroatoms. The Bertz CT molecular complexity index is 751. The number of hydrogen-bond acceptors (Lipinski definition) is 7. The number of pyridine rings is 1. The van der Waals surface area contributed by atoms with Gasteiger partial charge in [0.05, 0.1) is 18.1 Å². The van der Waals surface area contributed by atoms with Gasteiger partial charge in [-0.05, 0) is 23.6 Å². The van der Waals surface area contributed by atoms with Crippen molar-refractivity contribution < 1.29 is 9.26 Å². The van der Waals surface area contributed by atoms with E-state index >= 15 is 0 Å². The van der Waals surface area contributed by atoms with E-state index in [0.717, 1.165) is 42.6 Å². The fourth-order valence-electron chi connectivity index (χ4n) is 2.36. The van der Waals surface area contributed by atoms with Crippen molar-refractivity contribution in [1.29, 1.82) is 0 Å². The average Bonchev–Trinajstić information content (AvgIpc) is 3.27. The molecule has 1 fully saturated rings. The Morgan fingerprint density at radius 1 is 1.18 bits per heavy atom. The molecule has 0 bridgehead atoms. The Kier molecular flexibility index (Phi) is 3.57. The van der Waals surface area contributed by atoms with Crippen molar-refractivity contribution in [3.05, 3.63) is 35.8 Å². The Morgan fingerprint density at radius 3 is 2.91 bits per heavy atom. The third-order valence-corrected chi connectivity index (χ3v) is 4.35. The van der Waals surface area contributed by atoms with E-state index in [9.17, 15) is 0 Å². The number of anilines is 1. The van der Waals surface area contributed by atoms with Gasteiger partial charge in [-0.2, -0.15) is 4.98 Å². The average molecular weight is 314 g/mol. The van der Waals surface area contributed by atoms with E-state index in [1.807, 2.05) is 29.6 Å². The van der Waals surface area contributed by atoms with Gasteiger partial charge >= 0.3 is 0 Å². The van der Waals surface area contributed by atoms with Crippen LogP contribution < -0.4 is 4.90 Å². The van der Waals surface area contributed by atoms with Crippen LogP contribution in [-0.2, 0) is 4.74 Å². The summed E-state index contributed by atoms with van der Waals surface area (Å²) in [6.07, 6.45) is 1.78. The lowest BCUT2D eigenvalue weighted by Gasteiger charge is -2.27. The number of thiophene rings is 1. The first-order valence-electron chi connectivity index (χ1n) is 7.07. The van der Waals surface area contributed by atoms with E-state index in [2.05, 4.69) is 20.0 Å². The summed E-state index contributed by atoms with van der Waals surface area (Å²) in [5, 5.41) is 6.07. The highest BCUT2D eigenvalue weighted by atomic mass is 32.1. The molecule has 0 radical (unpaired) electrons. The summed E-state index contributed by atoms with van der Waals surface area (Å²) in [4.78, 5) is 12.1. The first-order chi connectivity index (χ1) is 10.9. The van der Waals surface area contributed by atoms with Gasteiger partial charge in [-0.3, -0.25) is 0 Å². The van der Waals surface area contributed by atoms with Gasteiger partial charge in [0.15, 0.2) is 0 Å². The summed E-state index contributed by atoms with van der Waals surface area (Å²) in [7, 11) is 0. The molecule has 1 aliphatic rings. The molecule has 0 atom stereocenters. The highest BCUT2D eigenvalue weighted by Gasteiger charge is 2.15. The lowest BCUT2D eigenvalue weighted by Crippen LogP contribution is -2.36. The molecule has 112 valence electrons. The van der Waals surface area contributed by atoms with E-state index in [0.29, 0.717) is 11.7 Å². The molecule has 0 aliphatic carbocycles. The molecule has 6 nitrogen and oxygen atoms in total. The van der Waals surface area contributed by atoms with Crippen molar-refractivity contribution in [3.63, 3.8) is 0 Å². The van der Waals surface area contributed by atoms with Gasteiger partial charge in [0, 0.05) is 24.8 Å². The number of aromatic nitrogens is 3. The molecule has 0 amide bonds. The topological polar surface area (TPSA) is 64.3 Å². The highest BCUT2D eigenvalue weighted by molar-refractivity contribution is 7.13. The Labute approximate surface area is 131 Å². The molecule has 4 heterocycles. The summed E-state index contributed by atoms with van der Waals surface area (Å²) < 4.78 is 10.7. The smallest absolute Gasteiger partial charge is 0.268 e. The maximum Gasteiger partial charge on any atom is 0.268 e. The monoisotopic (exact) mass is 314 g/mol. The molecule has 3 aromatic heterocycles. The Hall–Kier alpha value is -2.25. The van der Waals surface area contributed by atoms with E-state index in [1.165, 1.54) is 0 Å². The van der Waals surface area contributed by atoms with Gasteiger partial charge in [-0.25, -0.2) is 4.98 Å². The van der Waals surface area contributed by atoms with Crippen LogP contribution in [-0.4, -0.2) is 41.4 Å². The van der Waals surface area contributed by atoms with Crippen LogP contribution in [0.1, 0.15) is 0 Å². The lowest BCUT2D eigenvalue weighted by atomic mass is 10.2. The molecule has 0 spiro atoms. The maximum atomic E-state index is 5.37. The van der Waals surface area contributed by atoms with Crippen molar-refractivity contribution >= 4 is 17.2 Å². The number of rotatable bonds is 3. The van der Waals surface area contributed by atoms with Crippen LogP contribution in [0, 0.1) is 0 Å². The molecule has 0 N–H and O–H groups in total. The fraction of sp³-hybridized carbons (Fsp3) is 0.267. The predicted octanol–water partition coefficient (Wildman–Crippen LogP) is 2.70. The van der Waals surface area contributed by atoms with Gasteiger partial charge in [-0.1, -0.05) is 11.2 Å². The largest absolute Gasteiger partial charge is 0.378 e. The Balaban J connectivity index is 1.62. The van der Waals surface area contributed by atoms with Gasteiger partial charge in [0.2, 0.25) is 5.82 Å². The van der Waals surface area contributed by atoms with Gasteiger partial charge in [0.25, 0.3) is 5.89 Å². The first kappa shape index (κ1) is 13.4.